The van der Waals surface area contributed by atoms with Gasteiger partial charge in [-0.15, -0.1) is 0 Å². The van der Waals surface area contributed by atoms with Crippen LogP contribution in [0.5, 0.6) is 0 Å². The Kier molecular flexibility index (Phi) is 8.58. The zero-order chi connectivity index (χ0) is 21.5. The zero-order valence-corrected chi connectivity index (χ0v) is 17.4. The van der Waals surface area contributed by atoms with Gasteiger partial charge in [0.25, 0.3) is 5.91 Å². The Morgan fingerprint density at radius 1 is 1.21 bits per heavy atom. The number of nitrogens with zero attached hydrogens (tertiary/aromatic N) is 1. The van der Waals surface area contributed by atoms with Gasteiger partial charge in [0.1, 0.15) is 6.04 Å². The molecule has 156 valence electrons. The average molecular weight is 414 g/mol. The number of amides is 1. The molecule has 0 aliphatic carbocycles. The molecule has 1 N–H and O–H groups in total. The van der Waals surface area contributed by atoms with Gasteiger partial charge in [-0.2, -0.15) is 0 Å². The Bertz CT molecular complexity index is 821. The second kappa shape index (κ2) is 10.2. The fourth-order valence-electron chi connectivity index (χ4n) is 2.22. The predicted octanol–water partition coefficient (Wildman–Crippen LogP) is 0.798. The molecule has 2 atom stereocenters. The van der Waals surface area contributed by atoms with Crippen molar-refractivity contribution in [3.63, 3.8) is 0 Å². The van der Waals surface area contributed by atoms with Crippen LogP contribution < -0.4 is 5.32 Å². The van der Waals surface area contributed by atoms with Gasteiger partial charge in [0.2, 0.25) is 10.0 Å². The molecule has 0 spiro atoms. The Morgan fingerprint density at radius 2 is 1.86 bits per heavy atom. The van der Waals surface area contributed by atoms with Crippen LogP contribution in [0.15, 0.2) is 29.2 Å². The van der Waals surface area contributed by atoms with E-state index in [1.807, 2.05) is 6.92 Å². The molecule has 1 aromatic carbocycles. The first-order valence-electron chi connectivity index (χ1n) is 8.61. The van der Waals surface area contributed by atoms with Crippen molar-refractivity contribution < 1.29 is 32.3 Å². The number of hydrogen-bond donors (Lipinski definition) is 1. The number of rotatable bonds is 9. The maximum absolute atomic E-state index is 12.2. The van der Waals surface area contributed by atoms with E-state index in [9.17, 15) is 22.8 Å². The Morgan fingerprint density at radius 3 is 2.39 bits per heavy atom. The molecular formula is C18H26N2O7S. The first-order chi connectivity index (χ1) is 13.0. The van der Waals surface area contributed by atoms with Gasteiger partial charge in [-0.25, -0.2) is 22.3 Å². The van der Waals surface area contributed by atoms with Gasteiger partial charge in [-0.05, 0) is 24.1 Å². The molecule has 0 radical (unpaired) electrons. The topological polar surface area (TPSA) is 119 Å². The van der Waals surface area contributed by atoms with E-state index in [1.54, 1.807) is 6.92 Å². The van der Waals surface area contributed by atoms with Gasteiger partial charge in [-0.1, -0.05) is 26.3 Å². The smallest absolute Gasteiger partial charge is 0.338 e. The fraction of sp³-hybridized carbons (Fsp3) is 0.500. The third kappa shape index (κ3) is 6.03. The van der Waals surface area contributed by atoms with E-state index in [4.69, 9.17) is 4.74 Å². The number of nitrogens with one attached hydrogen (secondary N) is 1. The number of carbonyl (C=O) groups is 3. The molecule has 9 nitrogen and oxygen atoms in total. The van der Waals surface area contributed by atoms with Crippen molar-refractivity contribution in [2.75, 3.05) is 27.8 Å². The summed E-state index contributed by atoms with van der Waals surface area (Å²) < 4.78 is 34.9. The van der Waals surface area contributed by atoms with Crippen molar-refractivity contribution in [3.05, 3.63) is 29.8 Å². The van der Waals surface area contributed by atoms with Crippen molar-refractivity contribution in [1.82, 2.24) is 9.62 Å². The first kappa shape index (κ1) is 23.6. The van der Waals surface area contributed by atoms with Crippen molar-refractivity contribution in [3.8, 4) is 0 Å². The molecule has 0 saturated heterocycles. The van der Waals surface area contributed by atoms with E-state index >= 15 is 0 Å². The number of hydrogen-bond acceptors (Lipinski definition) is 7. The monoisotopic (exact) mass is 414 g/mol. The van der Waals surface area contributed by atoms with Crippen LogP contribution in [0.25, 0.3) is 0 Å². The lowest BCUT2D eigenvalue weighted by atomic mass is 9.99. The minimum absolute atomic E-state index is 0.0119. The summed E-state index contributed by atoms with van der Waals surface area (Å²) in [4.78, 5) is 35.9. The largest absolute Gasteiger partial charge is 0.467 e. The second-order valence-electron chi connectivity index (χ2n) is 6.35. The highest BCUT2D eigenvalue weighted by molar-refractivity contribution is 7.89. The standard InChI is InChI=1S/C18H26N2O7S/c1-6-12(2)16(18(23)26-5)19-15(21)11-27-17(22)13-8-7-9-14(10-13)28(24,25)20(3)4/h7-10,12,16H,6,11H2,1-5H3,(H,19,21)/t12-,16+/m0/s1. The van der Waals surface area contributed by atoms with Crippen molar-refractivity contribution in [2.24, 2.45) is 5.92 Å². The van der Waals surface area contributed by atoms with E-state index in [1.165, 1.54) is 45.5 Å². The number of ether oxygens (including phenoxy) is 2. The van der Waals surface area contributed by atoms with Crippen LogP contribution in [0.4, 0.5) is 0 Å². The van der Waals surface area contributed by atoms with Crippen LogP contribution in [0.2, 0.25) is 0 Å². The summed E-state index contributed by atoms with van der Waals surface area (Å²) in [6, 6.07) is 4.46. The molecule has 0 fully saturated rings. The normalized spacial score (nSPS) is 13.5. The minimum atomic E-state index is -3.71. The van der Waals surface area contributed by atoms with Crippen LogP contribution in [0.3, 0.4) is 0 Å². The molecule has 28 heavy (non-hydrogen) atoms. The highest BCUT2D eigenvalue weighted by Crippen LogP contribution is 2.15. The molecule has 0 unspecified atom stereocenters. The number of esters is 2. The number of methoxy groups -OCH3 is 1. The maximum Gasteiger partial charge on any atom is 0.338 e. The SMILES string of the molecule is CC[C@H](C)[C@@H](NC(=O)COC(=O)c1cccc(S(=O)(=O)N(C)C)c1)C(=O)OC. The van der Waals surface area contributed by atoms with Crippen LogP contribution >= 0.6 is 0 Å². The summed E-state index contributed by atoms with van der Waals surface area (Å²) in [5.41, 5.74) is -0.0119. The fourth-order valence-corrected chi connectivity index (χ4v) is 3.17. The molecular weight excluding hydrogens is 388 g/mol. The lowest BCUT2D eigenvalue weighted by molar-refractivity contribution is -0.147. The van der Waals surface area contributed by atoms with Gasteiger partial charge in [0.05, 0.1) is 17.6 Å². The summed E-state index contributed by atoms with van der Waals surface area (Å²) in [5, 5.41) is 2.48. The minimum Gasteiger partial charge on any atom is -0.467 e. The molecule has 1 rings (SSSR count). The third-order valence-corrected chi connectivity index (χ3v) is 5.98. The number of carbonyl (C=O) groups excluding carboxylic acids is 3. The predicted molar refractivity (Wildman–Crippen MR) is 101 cm³/mol. The Balaban J connectivity index is 2.79. The van der Waals surface area contributed by atoms with Gasteiger partial charge >= 0.3 is 11.9 Å². The summed E-state index contributed by atoms with van der Waals surface area (Å²) in [5.74, 6) is -2.28. The molecule has 1 amide bonds. The van der Waals surface area contributed by atoms with E-state index in [0.717, 1.165) is 4.31 Å². The molecule has 0 aliphatic heterocycles. The molecule has 1 aromatic rings. The highest BCUT2D eigenvalue weighted by atomic mass is 32.2. The van der Waals surface area contributed by atoms with Crippen LogP contribution in [-0.2, 0) is 29.1 Å². The van der Waals surface area contributed by atoms with Gasteiger partial charge in [0.15, 0.2) is 6.61 Å². The molecule has 0 aromatic heterocycles. The van der Waals surface area contributed by atoms with E-state index in [0.29, 0.717) is 6.42 Å². The molecule has 0 aliphatic rings. The second-order valence-corrected chi connectivity index (χ2v) is 8.50. The Labute approximate surface area is 165 Å². The summed E-state index contributed by atoms with van der Waals surface area (Å²) in [6.45, 7) is 3.03. The highest BCUT2D eigenvalue weighted by Gasteiger charge is 2.27. The summed E-state index contributed by atoms with van der Waals surface area (Å²) in [7, 11) is 0.260. The van der Waals surface area contributed by atoms with Crippen molar-refractivity contribution in [1.29, 1.82) is 0 Å². The van der Waals surface area contributed by atoms with Crippen LogP contribution in [0.1, 0.15) is 30.6 Å². The quantitative estimate of drug-likeness (QED) is 0.594. The maximum atomic E-state index is 12.2. The van der Waals surface area contributed by atoms with Crippen LogP contribution in [0, 0.1) is 5.92 Å². The Hall–Kier alpha value is -2.46. The lowest BCUT2D eigenvalue weighted by Gasteiger charge is -2.21. The number of benzene rings is 1. The molecule has 0 heterocycles. The van der Waals surface area contributed by atoms with Crippen molar-refractivity contribution >= 4 is 27.9 Å². The molecule has 0 bridgehead atoms. The zero-order valence-electron chi connectivity index (χ0n) is 16.6. The van der Waals surface area contributed by atoms with E-state index in [2.05, 4.69) is 10.1 Å². The van der Waals surface area contributed by atoms with Gasteiger partial charge in [-0.3, -0.25) is 4.79 Å². The van der Waals surface area contributed by atoms with Crippen molar-refractivity contribution in [2.45, 2.75) is 31.2 Å². The average Bonchev–Trinajstić information content (AvgIpc) is 2.68. The lowest BCUT2D eigenvalue weighted by Crippen LogP contribution is -2.47. The molecule has 0 saturated carbocycles. The molecule has 10 heteroatoms. The third-order valence-electron chi connectivity index (χ3n) is 4.17. The first-order valence-corrected chi connectivity index (χ1v) is 10.1. The van der Waals surface area contributed by atoms with E-state index < -0.39 is 40.5 Å². The summed E-state index contributed by atoms with van der Waals surface area (Å²) >= 11 is 0. The summed E-state index contributed by atoms with van der Waals surface area (Å²) in [6.07, 6.45) is 0.632. The number of sulfonamides is 1. The van der Waals surface area contributed by atoms with Gasteiger partial charge in [0, 0.05) is 14.1 Å². The van der Waals surface area contributed by atoms with Gasteiger partial charge < -0.3 is 14.8 Å². The van der Waals surface area contributed by atoms with Crippen LogP contribution in [-0.4, -0.2) is 64.4 Å². The van der Waals surface area contributed by atoms with E-state index in [-0.39, 0.29) is 16.4 Å².